The van der Waals surface area contributed by atoms with Gasteiger partial charge in [0.15, 0.2) is 0 Å². The molecule has 1 aliphatic rings. The predicted molar refractivity (Wildman–Crippen MR) is 81.6 cm³/mol. The van der Waals surface area contributed by atoms with E-state index in [1.165, 1.54) is 0 Å². The van der Waals surface area contributed by atoms with E-state index in [0.717, 1.165) is 31.5 Å². The van der Waals surface area contributed by atoms with Crippen LogP contribution in [0.25, 0.3) is 0 Å². The van der Waals surface area contributed by atoms with Crippen molar-refractivity contribution >= 4 is 40.4 Å². The van der Waals surface area contributed by atoms with E-state index >= 15 is 0 Å². The van der Waals surface area contributed by atoms with E-state index in [-0.39, 0.29) is 12.5 Å². The van der Waals surface area contributed by atoms with Gasteiger partial charge in [-0.25, -0.2) is 0 Å². The molecule has 1 saturated heterocycles. The van der Waals surface area contributed by atoms with Gasteiger partial charge in [0.05, 0.1) is 17.3 Å². The maximum absolute atomic E-state index is 11.9. The summed E-state index contributed by atoms with van der Waals surface area (Å²) < 4.78 is 0. The summed E-state index contributed by atoms with van der Waals surface area (Å²) in [5.41, 5.74) is 6.96. The van der Waals surface area contributed by atoms with Crippen molar-refractivity contribution in [3.8, 4) is 0 Å². The molecule has 1 aromatic carbocycles. The van der Waals surface area contributed by atoms with E-state index in [4.69, 9.17) is 29.6 Å². The Morgan fingerprint density at radius 2 is 2.11 bits per heavy atom. The molecule has 0 radical (unpaired) electrons. The van der Waals surface area contributed by atoms with Crippen LogP contribution in [-0.2, 0) is 4.79 Å². The van der Waals surface area contributed by atoms with E-state index in [2.05, 4.69) is 5.32 Å². The summed E-state index contributed by atoms with van der Waals surface area (Å²) >= 11 is 11.0. The fourth-order valence-electron chi connectivity index (χ4n) is 2.06. The highest BCUT2D eigenvalue weighted by Crippen LogP contribution is 2.23. The fraction of sp³-hybridized carbons (Fsp3) is 0.385. The van der Waals surface area contributed by atoms with Crippen LogP contribution in [0.4, 0.5) is 5.69 Å². The predicted octanol–water partition coefficient (Wildman–Crippen LogP) is 2.01. The molecule has 1 aliphatic heterocycles. The minimum atomic E-state index is 0.104. The maximum atomic E-state index is 11.9. The molecule has 3 N–H and O–H groups in total. The van der Waals surface area contributed by atoms with Crippen molar-refractivity contribution in [3.63, 3.8) is 0 Å². The zero-order valence-electron chi connectivity index (χ0n) is 10.5. The minimum absolute atomic E-state index is 0.104. The number of rotatable bonds is 4. The average molecular weight is 298 g/mol. The number of nitrogens with two attached hydrogens (primary N) is 1. The number of amides is 1. The Bertz CT molecular complexity index is 501. The highest BCUT2D eigenvalue weighted by atomic mass is 35.5. The SMILES string of the molecule is NC(=S)c1ccc(NCC(=O)N2CCCC2)c(Cl)c1. The van der Waals surface area contributed by atoms with E-state index in [0.29, 0.717) is 15.7 Å². The topological polar surface area (TPSA) is 58.4 Å². The van der Waals surface area contributed by atoms with Gasteiger partial charge >= 0.3 is 0 Å². The summed E-state index contributed by atoms with van der Waals surface area (Å²) in [5, 5.41) is 3.56. The Morgan fingerprint density at radius 1 is 1.42 bits per heavy atom. The Kier molecular flexibility index (Phi) is 4.61. The van der Waals surface area contributed by atoms with Crippen molar-refractivity contribution in [2.75, 3.05) is 25.0 Å². The summed E-state index contributed by atoms with van der Waals surface area (Å²) in [6.07, 6.45) is 2.18. The lowest BCUT2D eigenvalue weighted by Crippen LogP contribution is -2.33. The quantitative estimate of drug-likeness (QED) is 0.835. The molecule has 0 bridgehead atoms. The number of halogens is 1. The molecule has 0 aliphatic carbocycles. The van der Waals surface area contributed by atoms with Crippen LogP contribution in [0.15, 0.2) is 18.2 Å². The Hall–Kier alpha value is -1.33. The molecule has 19 heavy (non-hydrogen) atoms. The number of likely N-dealkylation sites (tertiary alicyclic amines) is 1. The molecular weight excluding hydrogens is 282 g/mol. The molecule has 1 amide bonds. The van der Waals surface area contributed by atoms with Gasteiger partial charge in [-0.2, -0.15) is 0 Å². The molecule has 1 fully saturated rings. The first-order valence-corrected chi connectivity index (χ1v) is 6.97. The largest absolute Gasteiger partial charge is 0.389 e. The van der Waals surface area contributed by atoms with Crippen LogP contribution >= 0.6 is 23.8 Å². The van der Waals surface area contributed by atoms with Crippen molar-refractivity contribution in [1.29, 1.82) is 0 Å². The van der Waals surface area contributed by atoms with Crippen LogP contribution in [0.2, 0.25) is 5.02 Å². The van der Waals surface area contributed by atoms with E-state index < -0.39 is 0 Å². The van der Waals surface area contributed by atoms with Crippen LogP contribution in [-0.4, -0.2) is 35.4 Å². The van der Waals surface area contributed by atoms with Gasteiger partial charge in [-0.15, -0.1) is 0 Å². The fourth-order valence-corrected chi connectivity index (χ4v) is 2.44. The van der Waals surface area contributed by atoms with Gasteiger partial charge in [-0.05, 0) is 31.0 Å². The van der Waals surface area contributed by atoms with Crippen LogP contribution in [0.1, 0.15) is 18.4 Å². The third kappa shape index (κ3) is 3.58. The number of nitrogens with zero attached hydrogens (tertiary/aromatic N) is 1. The molecule has 4 nitrogen and oxygen atoms in total. The number of benzene rings is 1. The zero-order valence-corrected chi connectivity index (χ0v) is 12.1. The summed E-state index contributed by atoms with van der Waals surface area (Å²) in [4.78, 5) is 14.1. The van der Waals surface area contributed by atoms with Crippen molar-refractivity contribution in [3.05, 3.63) is 28.8 Å². The van der Waals surface area contributed by atoms with Crippen molar-refractivity contribution < 1.29 is 4.79 Å². The second kappa shape index (κ2) is 6.21. The van der Waals surface area contributed by atoms with Gasteiger partial charge in [-0.3, -0.25) is 4.79 Å². The Morgan fingerprint density at radius 3 is 2.68 bits per heavy atom. The summed E-state index contributed by atoms with van der Waals surface area (Å²) in [6, 6.07) is 5.28. The van der Waals surface area contributed by atoms with Crippen molar-refractivity contribution in [1.82, 2.24) is 4.90 Å². The number of hydrogen-bond acceptors (Lipinski definition) is 3. The number of carbonyl (C=O) groups is 1. The van der Waals surface area contributed by atoms with Crippen LogP contribution in [0.3, 0.4) is 0 Å². The Balaban J connectivity index is 1.95. The van der Waals surface area contributed by atoms with E-state index in [9.17, 15) is 4.79 Å². The molecule has 1 aromatic rings. The molecule has 0 saturated carbocycles. The Labute approximate surface area is 122 Å². The lowest BCUT2D eigenvalue weighted by atomic mass is 10.2. The van der Waals surface area contributed by atoms with E-state index in [1.54, 1.807) is 18.2 Å². The van der Waals surface area contributed by atoms with Crippen LogP contribution in [0, 0.1) is 0 Å². The van der Waals surface area contributed by atoms with Crippen molar-refractivity contribution in [2.24, 2.45) is 5.73 Å². The molecule has 6 heteroatoms. The van der Waals surface area contributed by atoms with Gasteiger partial charge in [-0.1, -0.05) is 23.8 Å². The molecule has 0 aromatic heterocycles. The normalized spacial score (nSPS) is 14.5. The summed E-state index contributed by atoms with van der Waals surface area (Å²) in [5.74, 6) is 0.104. The van der Waals surface area contributed by atoms with Gasteiger partial charge < -0.3 is 16.0 Å². The molecule has 0 unspecified atom stereocenters. The maximum Gasteiger partial charge on any atom is 0.241 e. The highest BCUT2D eigenvalue weighted by molar-refractivity contribution is 7.80. The van der Waals surface area contributed by atoms with Gasteiger partial charge in [0.25, 0.3) is 0 Å². The van der Waals surface area contributed by atoms with E-state index in [1.807, 2.05) is 4.90 Å². The minimum Gasteiger partial charge on any atom is -0.389 e. The molecule has 0 atom stereocenters. The van der Waals surface area contributed by atoms with Gasteiger partial charge in [0.1, 0.15) is 4.99 Å². The molecule has 1 heterocycles. The second-order valence-corrected chi connectivity index (χ2v) is 5.35. The number of carbonyl (C=O) groups excluding carboxylic acids is 1. The first-order chi connectivity index (χ1) is 9.08. The monoisotopic (exact) mass is 297 g/mol. The standard InChI is InChI=1S/C13H16ClN3OS/c14-10-7-9(13(15)19)3-4-11(10)16-8-12(18)17-5-1-2-6-17/h3-4,7,16H,1-2,5-6,8H2,(H2,15,19). The summed E-state index contributed by atoms with van der Waals surface area (Å²) in [6.45, 7) is 1.97. The lowest BCUT2D eigenvalue weighted by molar-refractivity contribution is -0.128. The lowest BCUT2D eigenvalue weighted by Gasteiger charge is -2.16. The number of anilines is 1. The zero-order chi connectivity index (χ0) is 13.8. The molecule has 102 valence electrons. The number of thiocarbonyl (C=S) groups is 1. The molecular formula is C13H16ClN3OS. The first kappa shape index (κ1) is 14.1. The van der Waals surface area contributed by atoms with Crippen LogP contribution < -0.4 is 11.1 Å². The van der Waals surface area contributed by atoms with Gasteiger partial charge in [0.2, 0.25) is 5.91 Å². The van der Waals surface area contributed by atoms with Crippen LogP contribution in [0.5, 0.6) is 0 Å². The summed E-state index contributed by atoms with van der Waals surface area (Å²) in [7, 11) is 0. The van der Waals surface area contributed by atoms with Gasteiger partial charge in [0, 0.05) is 18.7 Å². The number of nitrogens with one attached hydrogen (secondary N) is 1. The first-order valence-electron chi connectivity index (χ1n) is 6.19. The highest BCUT2D eigenvalue weighted by Gasteiger charge is 2.17. The molecule has 0 spiro atoms. The third-order valence-electron chi connectivity index (χ3n) is 3.14. The second-order valence-electron chi connectivity index (χ2n) is 4.50. The smallest absolute Gasteiger partial charge is 0.241 e. The average Bonchev–Trinajstić information content (AvgIpc) is 2.90. The molecule has 2 rings (SSSR count). The van der Waals surface area contributed by atoms with Crippen molar-refractivity contribution in [2.45, 2.75) is 12.8 Å². The number of hydrogen-bond donors (Lipinski definition) is 2. The third-order valence-corrected chi connectivity index (χ3v) is 3.69.